The molecule has 164 valence electrons. The Bertz CT molecular complexity index is 1320. The molecule has 1 fully saturated rings. The molecule has 0 unspecified atom stereocenters. The van der Waals surface area contributed by atoms with Gasteiger partial charge in [-0.15, -0.1) is 0 Å². The quantitative estimate of drug-likeness (QED) is 0.456. The molecule has 2 aromatic heterocycles. The van der Waals surface area contributed by atoms with Crippen LogP contribution in [0.2, 0.25) is 0 Å². The van der Waals surface area contributed by atoms with E-state index in [0.29, 0.717) is 25.2 Å². The molecule has 0 spiro atoms. The van der Waals surface area contributed by atoms with Crippen LogP contribution in [0, 0.1) is 19.8 Å². The van der Waals surface area contributed by atoms with Crippen molar-refractivity contribution in [3.63, 3.8) is 0 Å². The van der Waals surface area contributed by atoms with Crippen LogP contribution in [0.1, 0.15) is 41.1 Å². The lowest BCUT2D eigenvalue weighted by molar-refractivity contribution is -0.117. The summed E-state index contributed by atoms with van der Waals surface area (Å²) in [6, 6.07) is 11.6. The molecule has 1 aliphatic rings. The number of amides is 2. The Hall–Kier alpha value is -3.68. The second-order valence-corrected chi connectivity index (χ2v) is 8.69. The Labute approximate surface area is 185 Å². The van der Waals surface area contributed by atoms with Crippen LogP contribution in [-0.4, -0.2) is 50.0 Å². The lowest BCUT2D eigenvalue weighted by Crippen LogP contribution is -2.41. The fourth-order valence-electron chi connectivity index (χ4n) is 4.55. The van der Waals surface area contributed by atoms with Crippen molar-refractivity contribution in [1.29, 1.82) is 0 Å². The zero-order chi connectivity index (χ0) is 22.2. The van der Waals surface area contributed by atoms with Crippen molar-refractivity contribution in [3.05, 3.63) is 53.5 Å². The molecule has 8 nitrogen and oxygen atoms in total. The summed E-state index contributed by atoms with van der Waals surface area (Å²) in [6.07, 6.45) is 2.19. The topological polar surface area (TPSA) is 107 Å². The third-order valence-corrected chi connectivity index (χ3v) is 6.09. The third-order valence-electron chi connectivity index (χ3n) is 6.09. The van der Waals surface area contributed by atoms with Gasteiger partial charge in [0, 0.05) is 30.6 Å². The van der Waals surface area contributed by atoms with Crippen LogP contribution >= 0.6 is 0 Å². The van der Waals surface area contributed by atoms with E-state index in [2.05, 4.69) is 25.5 Å². The number of carbonyl (C=O) groups excluding carboxylic acids is 2. The third kappa shape index (κ3) is 3.95. The van der Waals surface area contributed by atoms with Crippen LogP contribution in [0.15, 0.2) is 36.4 Å². The second-order valence-electron chi connectivity index (χ2n) is 8.69. The molecule has 3 N–H and O–H groups in total. The lowest BCUT2D eigenvalue weighted by atomic mass is 9.94. The molecule has 2 amide bonds. The number of aromatic amines is 2. The SMILES string of the molecule is Cc1ccc2[nH]nc(C(=O)N3CCC[C@H](CC(=O)Nc4ccc5nc(C)[nH]c5c4)C3)c2c1. The summed E-state index contributed by atoms with van der Waals surface area (Å²) in [5, 5.41) is 11.1. The van der Waals surface area contributed by atoms with Crippen molar-refractivity contribution in [2.75, 3.05) is 18.4 Å². The number of benzene rings is 2. The Morgan fingerprint density at radius 3 is 2.91 bits per heavy atom. The number of likely N-dealkylation sites (tertiary alicyclic amines) is 1. The van der Waals surface area contributed by atoms with E-state index in [0.717, 1.165) is 51.9 Å². The number of imidazole rings is 1. The molecular formula is C24H26N6O2. The molecular weight excluding hydrogens is 404 g/mol. The van der Waals surface area contributed by atoms with E-state index < -0.39 is 0 Å². The largest absolute Gasteiger partial charge is 0.342 e. The first-order chi connectivity index (χ1) is 15.5. The number of nitrogens with one attached hydrogen (secondary N) is 3. The van der Waals surface area contributed by atoms with Gasteiger partial charge in [0.15, 0.2) is 5.69 Å². The molecule has 0 bridgehead atoms. The minimum absolute atomic E-state index is 0.0410. The van der Waals surface area contributed by atoms with Gasteiger partial charge in [0.05, 0.1) is 16.6 Å². The maximum Gasteiger partial charge on any atom is 0.275 e. The minimum Gasteiger partial charge on any atom is -0.342 e. The molecule has 8 heteroatoms. The maximum absolute atomic E-state index is 13.2. The van der Waals surface area contributed by atoms with Gasteiger partial charge in [-0.3, -0.25) is 14.7 Å². The van der Waals surface area contributed by atoms with E-state index in [1.54, 1.807) is 0 Å². The van der Waals surface area contributed by atoms with E-state index >= 15 is 0 Å². The van der Waals surface area contributed by atoms with Crippen molar-refractivity contribution < 1.29 is 9.59 Å². The van der Waals surface area contributed by atoms with Gasteiger partial charge < -0.3 is 15.2 Å². The Morgan fingerprint density at radius 2 is 2.03 bits per heavy atom. The Balaban J connectivity index is 1.24. The number of carbonyl (C=O) groups is 2. The number of anilines is 1. The van der Waals surface area contributed by atoms with Gasteiger partial charge in [-0.05, 0) is 62.9 Å². The summed E-state index contributed by atoms with van der Waals surface area (Å²) in [5.74, 6) is 0.848. The highest BCUT2D eigenvalue weighted by Gasteiger charge is 2.28. The Morgan fingerprint density at radius 1 is 1.16 bits per heavy atom. The van der Waals surface area contributed by atoms with E-state index in [9.17, 15) is 9.59 Å². The highest BCUT2D eigenvalue weighted by atomic mass is 16.2. The standard InChI is InChI=1S/C24H26N6O2/c1-14-5-7-19-18(10-14)23(29-28-19)24(32)30-9-3-4-16(13-30)11-22(31)27-17-6-8-20-21(12-17)26-15(2)25-20/h5-8,10,12,16H,3-4,9,11,13H2,1-2H3,(H,25,26)(H,27,31)(H,28,29)/t16-/m1/s1. The smallest absolute Gasteiger partial charge is 0.275 e. The summed E-state index contributed by atoms with van der Waals surface area (Å²) in [5.41, 5.74) is 4.92. The molecule has 32 heavy (non-hydrogen) atoms. The molecule has 2 aromatic carbocycles. The zero-order valence-electron chi connectivity index (χ0n) is 18.2. The fraction of sp³-hybridized carbons (Fsp3) is 0.333. The molecule has 0 radical (unpaired) electrons. The van der Waals surface area contributed by atoms with E-state index in [-0.39, 0.29) is 17.7 Å². The number of fused-ring (bicyclic) bond motifs is 2. The number of hydrogen-bond donors (Lipinski definition) is 3. The number of rotatable bonds is 4. The molecule has 3 heterocycles. The minimum atomic E-state index is -0.0768. The van der Waals surface area contributed by atoms with Crippen LogP contribution in [-0.2, 0) is 4.79 Å². The first kappa shape index (κ1) is 20.2. The summed E-state index contributed by atoms with van der Waals surface area (Å²) >= 11 is 0. The summed E-state index contributed by atoms with van der Waals surface area (Å²) in [4.78, 5) is 35.3. The van der Waals surface area contributed by atoms with Crippen LogP contribution in [0.3, 0.4) is 0 Å². The van der Waals surface area contributed by atoms with Crippen LogP contribution < -0.4 is 5.32 Å². The van der Waals surface area contributed by atoms with Gasteiger partial charge in [-0.2, -0.15) is 5.10 Å². The van der Waals surface area contributed by atoms with Crippen molar-refractivity contribution in [3.8, 4) is 0 Å². The number of piperidine rings is 1. The lowest BCUT2D eigenvalue weighted by Gasteiger charge is -2.32. The summed E-state index contributed by atoms with van der Waals surface area (Å²) < 4.78 is 0. The second kappa shape index (κ2) is 8.11. The van der Waals surface area contributed by atoms with Gasteiger partial charge in [0.1, 0.15) is 5.82 Å². The van der Waals surface area contributed by atoms with Crippen molar-refractivity contribution in [1.82, 2.24) is 25.1 Å². The van der Waals surface area contributed by atoms with Crippen molar-refractivity contribution in [2.45, 2.75) is 33.1 Å². The number of hydrogen-bond acceptors (Lipinski definition) is 4. The van der Waals surface area contributed by atoms with Gasteiger partial charge >= 0.3 is 0 Å². The van der Waals surface area contributed by atoms with Crippen LogP contribution in [0.5, 0.6) is 0 Å². The van der Waals surface area contributed by atoms with Gasteiger partial charge in [-0.1, -0.05) is 11.6 Å². The van der Waals surface area contributed by atoms with Gasteiger partial charge in [0.25, 0.3) is 5.91 Å². The van der Waals surface area contributed by atoms with Crippen LogP contribution in [0.4, 0.5) is 5.69 Å². The van der Waals surface area contributed by atoms with E-state index in [4.69, 9.17) is 0 Å². The van der Waals surface area contributed by atoms with Crippen molar-refractivity contribution in [2.24, 2.45) is 5.92 Å². The van der Waals surface area contributed by atoms with E-state index in [1.807, 2.05) is 55.1 Å². The first-order valence-electron chi connectivity index (χ1n) is 11.0. The number of aryl methyl sites for hydroxylation is 2. The Kier molecular flexibility index (Phi) is 5.13. The first-order valence-corrected chi connectivity index (χ1v) is 11.0. The van der Waals surface area contributed by atoms with Gasteiger partial charge in [0.2, 0.25) is 5.91 Å². The molecule has 1 saturated heterocycles. The van der Waals surface area contributed by atoms with Crippen LogP contribution in [0.25, 0.3) is 21.9 Å². The zero-order valence-corrected chi connectivity index (χ0v) is 18.2. The number of nitrogens with zero attached hydrogens (tertiary/aromatic N) is 3. The molecule has 0 aliphatic carbocycles. The average Bonchev–Trinajstić information content (AvgIpc) is 3.35. The fourth-order valence-corrected chi connectivity index (χ4v) is 4.55. The van der Waals surface area contributed by atoms with E-state index in [1.165, 1.54) is 0 Å². The monoisotopic (exact) mass is 430 g/mol. The number of H-pyrrole nitrogens is 2. The summed E-state index contributed by atoms with van der Waals surface area (Å²) in [7, 11) is 0. The van der Waals surface area contributed by atoms with Crippen molar-refractivity contribution >= 4 is 39.4 Å². The average molecular weight is 431 g/mol. The number of aromatic nitrogens is 4. The molecule has 5 rings (SSSR count). The molecule has 4 aromatic rings. The predicted molar refractivity (Wildman–Crippen MR) is 124 cm³/mol. The highest BCUT2D eigenvalue weighted by Crippen LogP contribution is 2.25. The molecule has 0 saturated carbocycles. The van der Waals surface area contributed by atoms with Gasteiger partial charge in [-0.25, -0.2) is 4.98 Å². The normalized spacial score (nSPS) is 16.6. The summed E-state index contributed by atoms with van der Waals surface area (Å²) in [6.45, 7) is 5.15. The predicted octanol–water partition coefficient (Wildman–Crippen LogP) is 3.94. The molecule has 1 aliphatic heterocycles. The maximum atomic E-state index is 13.2. The molecule has 1 atom stereocenters. The highest BCUT2D eigenvalue weighted by molar-refractivity contribution is 6.05.